The molecule has 0 fully saturated rings. The Hall–Kier alpha value is -3.21. The van der Waals surface area contributed by atoms with Gasteiger partial charge in [0.15, 0.2) is 0 Å². The minimum Gasteiger partial charge on any atom is -0.352 e. The van der Waals surface area contributed by atoms with Crippen LogP contribution in [0.5, 0.6) is 0 Å². The van der Waals surface area contributed by atoms with E-state index < -0.39 is 5.56 Å². The normalized spacial score (nSPS) is 10.3. The van der Waals surface area contributed by atoms with Gasteiger partial charge in [-0.15, -0.1) is 0 Å². The van der Waals surface area contributed by atoms with Crippen molar-refractivity contribution < 1.29 is 4.79 Å². The first kappa shape index (κ1) is 15.7. The van der Waals surface area contributed by atoms with Gasteiger partial charge in [0, 0.05) is 25.1 Å². The van der Waals surface area contributed by atoms with Gasteiger partial charge in [0.2, 0.25) is 0 Å². The molecule has 2 heterocycles. The third-order valence-electron chi connectivity index (χ3n) is 3.70. The van der Waals surface area contributed by atoms with Crippen LogP contribution in [0.25, 0.3) is 11.1 Å². The van der Waals surface area contributed by atoms with Gasteiger partial charge in [-0.2, -0.15) is 0 Å². The number of pyridine rings is 2. The van der Waals surface area contributed by atoms with E-state index in [1.165, 1.54) is 0 Å². The first-order valence-electron chi connectivity index (χ1n) is 7.69. The second kappa shape index (κ2) is 7.37. The lowest BCUT2D eigenvalue weighted by molar-refractivity contribution is 0.0952. The highest BCUT2D eigenvalue weighted by atomic mass is 16.2. The van der Waals surface area contributed by atoms with Gasteiger partial charge in [-0.1, -0.05) is 30.3 Å². The zero-order valence-corrected chi connectivity index (χ0v) is 13.0. The number of H-pyrrole nitrogens is 1. The maximum absolute atomic E-state index is 12.3. The Morgan fingerprint density at radius 2 is 1.79 bits per heavy atom. The monoisotopic (exact) mass is 319 g/mol. The smallest absolute Gasteiger partial charge is 0.260 e. The van der Waals surface area contributed by atoms with E-state index in [0.717, 1.165) is 16.7 Å². The molecule has 0 saturated carbocycles. The largest absolute Gasteiger partial charge is 0.352 e. The van der Waals surface area contributed by atoms with E-state index in [1.807, 2.05) is 42.5 Å². The van der Waals surface area contributed by atoms with Gasteiger partial charge < -0.3 is 10.3 Å². The Balaban J connectivity index is 1.71. The lowest BCUT2D eigenvalue weighted by Crippen LogP contribution is -2.31. The molecule has 1 aromatic carbocycles. The Kier molecular flexibility index (Phi) is 4.81. The third-order valence-corrected chi connectivity index (χ3v) is 3.70. The molecule has 0 aliphatic carbocycles. The average Bonchev–Trinajstić information content (AvgIpc) is 2.63. The Morgan fingerprint density at radius 1 is 1.04 bits per heavy atom. The summed E-state index contributed by atoms with van der Waals surface area (Å²) < 4.78 is 0. The predicted octanol–water partition coefficient (Wildman–Crippen LogP) is 2.41. The summed E-state index contributed by atoms with van der Waals surface area (Å²) in [6.07, 6.45) is 5.65. The van der Waals surface area contributed by atoms with Crippen LogP contribution in [-0.2, 0) is 6.42 Å². The van der Waals surface area contributed by atoms with Gasteiger partial charge >= 0.3 is 0 Å². The number of nitrogens with zero attached hydrogens (tertiary/aromatic N) is 1. The summed E-state index contributed by atoms with van der Waals surface area (Å²) in [4.78, 5) is 30.8. The molecular weight excluding hydrogens is 302 g/mol. The summed E-state index contributed by atoms with van der Waals surface area (Å²) in [5.41, 5.74) is 2.50. The van der Waals surface area contributed by atoms with E-state index >= 15 is 0 Å². The van der Waals surface area contributed by atoms with Gasteiger partial charge in [-0.05, 0) is 41.3 Å². The van der Waals surface area contributed by atoms with Crippen molar-refractivity contribution in [1.29, 1.82) is 0 Å². The third kappa shape index (κ3) is 3.76. The van der Waals surface area contributed by atoms with Crippen LogP contribution in [0, 0.1) is 0 Å². The Bertz CT molecular complexity index is 874. The van der Waals surface area contributed by atoms with Crippen molar-refractivity contribution >= 4 is 5.91 Å². The molecule has 0 unspecified atom stereocenters. The molecule has 3 aromatic rings. The molecule has 24 heavy (non-hydrogen) atoms. The number of amides is 1. The molecule has 0 aliphatic heterocycles. The van der Waals surface area contributed by atoms with Gasteiger partial charge in [0.05, 0.1) is 0 Å². The van der Waals surface area contributed by atoms with Crippen LogP contribution in [0.4, 0.5) is 0 Å². The molecule has 0 bridgehead atoms. The highest BCUT2D eigenvalue weighted by Gasteiger charge is 2.11. The summed E-state index contributed by atoms with van der Waals surface area (Å²) in [5.74, 6) is -0.372. The van der Waals surface area contributed by atoms with Crippen molar-refractivity contribution in [2.24, 2.45) is 0 Å². The quantitative estimate of drug-likeness (QED) is 0.758. The lowest BCUT2D eigenvalue weighted by atomic mass is 10.1. The molecule has 120 valence electrons. The molecule has 0 atom stereocenters. The van der Waals surface area contributed by atoms with Crippen LogP contribution in [0.3, 0.4) is 0 Å². The average molecular weight is 319 g/mol. The molecule has 0 spiro atoms. The predicted molar refractivity (Wildman–Crippen MR) is 92.8 cm³/mol. The highest BCUT2D eigenvalue weighted by Crippen LogP contribution is 2.16. The number of rotatable bonds is 5. The zero-order valence-electron chi connectivity index (χ0n) is 13.0. The number of hydrogen-bond donors (Lipinski definition) is 2. The standard InChI is InChI=1S/C19H17N3O2/c23-18(21-11-6-14-4-2-1-3-5-14)17-12-16(13-22-19(17)24)15-7-9-20-10-8-15/h1-5,7-10,12-13H,6,11H2,(H,21,23)(H,22,24). The van der Waals surface area contributed by atoms with Crippen molar-refractivity contribution in [2.75, 3.05) is 6.54 Å². The van der Waals surface area contributed by atoms with Crippen molar-refractivity contribution in [1.82, 2.24) is 15.3 Å². The van der Waals surface area contributed by atoms with E-state index in [1.54, 1.807) is 24.7 Å². The molecule has 1 amide bonds. The van der Waals surface area contributed by atoms with E-state index in [-0.39, 0.29) is 11.5 Å². The van der Waals surface area contributed by atoms with E-state index in [2.05, 4.69) is 15.3 Å². The van der Waals surface area contributed by atoms with Crippen molar-refractivity contribution in [3.05, 3.63) is 88.6 Å². The van der Waals surface area contributed by atoms with Gasteiger partial charge in [-0.3, -0.25) is 14.6 Å². The van der Waals surface area contributed by atoms with Gasteiger partial charge in [0.1, 0.15) is 5.56 Å². The number of benzene rings is 1. The van der Waals surface area contributed by atoms with Crippen molar-refractivity contribution in [3.8, 4) is 11.1 Å². The van der Waals surface area contributed by atoms with Crippen LogP contribution in [-0.4, -0.2) is 22.4 Å². The summed E-state index contributed by atoms with van der Waals surface area (Å²) in [7, 11) is 0. The van der Waals surface area contributed by atoms with Crippen LogP contribution < -0.4 is 10.9 Å². The minimum atomic E-state index is -0.398. The van der Waals surface area contributed by atoms with E-state index in [4.69, 9.17) is 0 Å². The Labute approximate surface area is 139 Å². The van der Waals surface area contributed by atoms with Crippen molar-refractivity contribution in [3.63, 3.8) is 0 Å². The molecule has 0 aliphatic rings. The Morgan fingerprint density at radius 3 is 2.54 bits per heavy atom. The molecule has 0 radical (unpaired) electrons. The van der Waals surface area contributed by atoms with Crippen LogP contribution in [0.1, 0.15) is 15.9 Å². The highest BCUT2D eigenvalue weighted by molar-refractivity contribution is 5.94. The first-order chi connectivity index (χ1) is 11.7. The summed E-state index contributed by atoms with van der Waals surface area (Å²) in [6, 6.07) is 15.1. The second-order valence-electron chi connectivity index (χ2n) is 5.36. The maximum atomic E-state index is 12.3. The number of nitrogens with one attached hydrogen (secondary N) is 2. The number of hydrogen-bond acceptors (Lipinski definition) is 3. The molecule has 0 saturated heterocycles. The van der Waals surface area contributed by atoms with Crippen LogP contribution >= 0.6 is 0 Å². The summed E-state index contributed by atoms with van der Waals surface area (Å²) >= 11 is 0. The molecule has 3 rings (SSSR count). The van der Waals surface area contributed by atoms with Gasteiger partial charge in [-0.25, -0.2) is 0 Å². The fraction of sp³-hybridized carbons (Fsp3) is 0.105. The van der Waals surface area contributed by atoms with Crippen LogP contribution in [0.2, 0.25) is 0 Å². The molecule has 2 aromatic heterocycles. The van der Waals surface area contributed by atoms with E-state index in [9.17, 15) is 9.59 Å². The maximum Gasteiger partial charge on any atom is 0.260 e. The lowest BCUT2D eigenvalue weighted by Gasteiger charge is -2.07. The number of carbonyl (C=O) groups excluding carboxylic acids is 1. The number of carbonyl (C=O) groups is 1. The SMILES string of the molecule is O=C(NCCc1ccccc1)c1cc(-c2ccncc2)c[nH]c1=O. The molecular formula is C19H17N3O2. The summed E-state index contributed by atoms with van der Waals surface area (Å²) in [5, 5.41) is 2.80. The zero-order chi connectivity index (χ0) is 16.8. The fourth-order valence-electron chi connectivity index (χ4n) is 2.42. The first-order valence-corrected chi connectivity index (χ1v) is 7.69. The summed E-state index contributed by atoms with van der Waals surface area (Å²) in [6.45, 7) is 0.474. The van der Waals surface area contributed by atoms with Crippen molar-refractivity contribution in [2.45, 2.75) is 6.42 Å². The fourth-order valence-corrected chi connectivity index (χ4v) is 2.42. The minimum absolute atomic E-state index is 0.109. The van der Waals surface area contributed by atoms with Gasteiger partial charge in [0.25, 0.3) is 11.5 Å². The molecule has 2 N–H and O–H groups in total. The van der Waals surface area contributed by atoms with Crippen LogP contribution in [0.15, 0.2) is 71.9 Å². The number of aromatic amines is 1. The molecule has 5 heteroatoms. The van der Waals surface area contributed by atoms with E-state index in [0.29, 0.717) is 13.0 Å². The second-order valence-corrected chi connectivity index (χ2v) is 5.36. The molecule has 5 nitrogen and oxygen atoms in total. The topological polar surface area (TPSA) is 74.8 Å². The number of aromatic nitrogens is 2.